The maximum Gasteiger partial charge on any atom is 0.227 e. The average Bonchev–Trinajstić information content (AvgIpc) is 3.94. The molecule has 4 N–H and O–H groups in total. The molecule has 2 saturated heterocycles. The molecule has 0 bridgehead atoms. The van der Waals surface area contributed by atoms with E-state index in [0.29, 0.717) is 17.8 Å². The second kappa shape index (κ2) is 14.9. The predicted octanol–water partition coefficient (Wildman–Crippen LogP) is 5.82. The lowest BCUT2D eigenvalue weighted by atomic mass is 10.0. The van der Waals surface area contributed by atoms with Gasteiger partial charge in [0.15, 0.2) is 0 Å². The minimum atomic E-state index is 0.140. The molecule has 2 aliphatic heterocycles. The molecule has 4 aromatic rings. The molecule has 0 unspecified atom stereocenters. The Hall–Kier alpha value is -3.96. The molecule has 1 saturated carbocycles. The van der Waals surface area contributed by atoms with Gasteiger partial charge in [0.25, 0.3) is 0 Å². The van der Waals surface area contributed by atoms with Gasteiger partial charge in [-0.15, -0.1) is 0 Å². The van der Waals surface area contributed by atoms with Gasteiger partial charge < -0.3 is 30.7 Å². The van der Waals surface area contributed by atoms with Crippen LogP contribution in [0.15, 0.2) is 61.2 Å². The number of ether oxygens (including phenoxy) is 2. The van der Waals surface area contributed by atoms with E-state index in [1.807, 2.05) is 24.8 Å². The summed E-state index contributed by atoms with van der Waals surface area (Å²) in [6.07, 6.45) is 11.4. The highest BCUT2D eigenvalue weighted by Crippen LogP contribution is 2.39. The number of hydrogen-bond acceptors (Lipinski definition) is 10. The van der Waals surface area contributed by atoms with Crippen LogP contribution in [0.1, 0.15) is 71.3 Å². The molecule has 45 heavy (non-hydrogen) atoms. The second-order valence-electron chi connectivity index (χ2n) is 11.9. The zero-order valence-electron chi connectivity index (χ0n) is 26.5. The summed E-state index contributed by atoms with van der Waals surface area (Å²) in [6.45, 7) is 11.4. The van der Waals surface area contributed by atoms with Gasteiger partial charge >= 0.3 is 0 Å². The minimum Gasteiger partial charge on any atom is -0.371 e. The van der Waals surface area contributed by atoms with E-state index in [4.69, 9.17) is 9.47 Å². The molecule has 3 fully saturated rings. The first kappa shape index (κ1) is 31.0. The van der Waals surface area contributed by atoms with Gasteiger partial charge in [0.1, 0.15) is 0 Å². The Kier molecular flexibility index (Phi) is 10.3. The van der Waals surface area contributed by atoms with Gasteiger partial charge in [0, 0.05) is 62.3 Å². The van der Waals surface area contributed by atoms with Crippen molar-refractivity contribution < 1.29 is 9.47 Å². The molecule has 2 atom stereocenters. The van der Waals surface area contributed by atoms with E-state index >= 15 is 0 Å². The van der Waals surface area contributed by atoms with E-state index in [9.17, 15) is 0 Å². The molecule has 3 aliphatic rings. The van der Waals surface area contributed by atoms with Crippen LogP contribution >= 0.6 is 0 Å². The summed E-state index contributed by atoms with van der Waals surface area (Å²) in [5.41, 5.74) is 9.21. The maximum atomic E-state index is 5.81. The van der Waals surface area contributed by atoms with E-state index in [1.165, 1.54) is 35.1 Å². The van der Waals surface area contributed by atoms with Crippen LogP contribution in [0.3, 0.4) is 0 Å². The first-order chi connectivity index (χ1) is 22.1. The normalized spacial score (nSPS) is 19.7. The maximum absolute atomic E-state index is 5.81. The summed E-state index contributed by atoms with van der Waals surface area (Å²) in [5.74, 6) is 1.97. The molecular formula is C35H44N8O2. The summed E-state index contributed by atoms with van der Waals surface area (Å²) < 4.78 is 11.6. The van der Waals surface area contributed by atoms with Crippen LogP contribution in [0.4, 0.5) is 23.3 Å². The summed E-state index contributed by atoms with van der Waals surface area (Å²) in [5, 5.41) is 13.3. The lowest BCUT2D eigenvalue weighted by molar-refractivity contribution is 0.0276. The largest absolute Gasteiger partial charge is 0.371 e. The average molecular weight is 609 g/mol. The monoisotopic (exact) mass is 608 g/mol. The molecule has 10 nitrogen and oxygen atoms in total. The van der Waals surface area contributed by atoms with E-state index in [2.05, 4.69) is 98.4 Å². The van der Waals surface area contributed by atoms with Gasteiger partial charge in [-0.1, -0.05) is 31.2 Å². The van der Waals surface area contributed by atoms with Crippen molar-refractivity contribution in [3.8, 4) is 0 Å². The number of aromatic nitrogens is 4. The quantitative estimate of drug-likeness (QED) is 0.195. The van der Waals surface area contributed by atoms with Gasteiger partial charge in [-0.05, 0) is 84.5 Å². The minimum absolute atomic E-state index is 0.140. The van der Waals surface area contributed by atoms with Crippen molar-refractivity contribution in [1.29, 1.82) is 0 Å². The number of aryl methyl sites for hydroxylation is 3. The Bertz CT molecular complexity index is 1530. The number of nitrogens with one attached hydrogen (secondary N) is 4. The first-order valence-electron chi connectivity index (χ1n) is 16.1. The predicted molar refractivity (Wildman–Crippen MR) is 177 cm³/mol. The molecule has 4 heterocycles. The molecule has 0 amide bonds. The lowest BCUT2D eigenvalue weighted by Crippen LogP contribution is -2.33. The van der Waals surface area contributed by atoms with Gasteiger partial charge in [0.2, 0.25) is 11.9 Å². The summed E-state index contributed by atoms with van der Waals surface area (Å²) in [4.78, 5) is 17.5. The highest BCUT2D eigenvalue weighted by Gasteiger charge is 2.24. The van der Waals surface area contributed by atoms with E-state index in [-0.39, 0.29) is 12.2 Å². The van der Waals surface area contributed by atoms with Crippen molar-refractivity contribution >= 4 is 23.3 Å². The Labute approximate surface area is 265 Å². The third-order valence-corrected chi connectivity index (χ3v) is 8.43. The summed E-state index contributed by atoms with van der Waals surface area (Å²) in [7, 11) is 0. The topological polar surface area (TPSA) is 118 Å². The van der Waals surface area contributed by atoms with Crippen LogP contribution in [-0.4, -0.2) is 59.3 Å². The summed E-state index contributed by atoms with van der Waals surface area (Å²) >= 11 is 0. The molecule has 236 valence electrons. The van der Waals surface area contributed by atoms with Crippen molar-refractivity contribution in [3.05, 3.63) is 94.6 Å². The lowest BCUT2D eigenvalue weighted by Gasteiger charge is -2.24. The third-order valence-electron chi connectivity index (χ3n) is 8.43. The Morgan fingerprint density at radius 2 is 1.18 bits per heavy atom. The van der Waals surface area contributed by atoms with Gasteiger partial charge in [-0.3, -0.25) is 0 Å². The molecular weight excluding hydrogens is 564 g/mol. The van der Waals surface area contributed by atoms with Crippen molar-refractivity contribution in [1.82, 2.24) is 30.6 Å². The standard InChI is InChI=1S/C18H22N4O.C17H22N4O/c1-12-8-14(17-11-19-6-7-23-17)4-5-16(12)22-18-20-9-15(10-21-18)13-2-3-13;1-3-13-9-19-17(20-10-13)21-15-5-4-14(8-12(15)2)16-11-18-6-7-22-16/h4-5,8-10,13,17,19H,2-3,6-7,11H2,1H3,(H,20,21,22);4-5,8-10,16,18H,3,6-7,11H2,1-2H3,(H,19,20,21)/t17-;16-/m01/s1. The smallest absolute Gasteiger partial charge is 0.227 e. The SMILES string of the molecule is CCc1cnc(Nc2ccc([C@H]3CNCCO3)cc2C)nc1.Cc1cc([C@@H]2CNCCO2)ccc1Nc1ncc(C2CC2)cn1. The van der Waals surface area contributed by atoms with Crippen LogP contribution in [0.5, 0.6) is 0 Å². The Balaban J connectivity index is 0.000000159. The fourth-order valence-electron chi connectivity index (χ4n) is 5.49. The third kappa shape index (κ3) is 8.40. The molecule has 0 spiro atoms. The molecule has 7 rings (SSSR count). The zero-order chi connectivity index (χ0) is 31.0. The number of hydrogen-bond donors (Lipinski definition) is 4. The van der Waals surface area contributed by atoms with Crippen molar-refractivity contribution in [2.75, 3.05) is 50.0 Å². The van der Waals surface area contributed by atoms with E-state index in [1.54, 1.807) is 0 Å². The second-order valence-corrected chi connectivity index (χ2v) is 11.9. The molecule has 2 aromatic heterocycles. The van der Waals surface area contributed by atoms with Crippen molar-refractivity contribution in [2.24, 2.45) is 0 Å². The molecule has 10 heteroatoms. The van der Waals surface area contributed by atoms with Crippen LogP contribution in [0.25, 0.3) is 0 Å². The van der Waals surface area contributed by atoms with Crippen LogP contribution < -0.4 is 21.3 Å². The molecule has 1 aliphatic carbocycles. The number of nitrogens with zero attached hydrogens (tertiary/aromatic N) is 4. The van der Waals surface area contributed by atoms with Gasteiger partial charge in [-0.25, -0.2) is 19.9 Å². The number of morpholine rings is 2. The Morgan fingerprint density at radius 3 is 1.58 bits per heavy atom. The van der Waals surface area contributed by atoms with E-state index < -0.39 is 0 Å². The first-order valence-corrected chi connectivity index (χ1v) is 16.1. The number of benzene rings is 2. The van der Waals surface area contributed by atoms with Gasteiger partial charge in [-0.2, -0.15) is 0 Å². The van der Waals surface area contributed by atoms with Crippen LogP contribution in [0.2, 0.25) is 0 Å². The van der Waals surface area contributed by atoms with E-state index in [0.717, 1.165) is 68.3 Å². The molecule has 2 aromatic carbocycles. The number of anilines is 4. The Morgan fingerprint density at radius 1 is 0.689 bits per heavy atom. The summed E-state index contributed by atoms with van der Waals surface area (Å²) in [6, 6.07) is 12.7. The van der Waals surface area contributed by atoms with Crippen molar-refractivity contribution in [2.45, 2.75) is 58.2 Å². The van der Waals surface area contributed by atoms with Crippen LogP contribution in [0, 0.1) is 13.8 Å². The van der Waals surface area contributed by atoms with Crippen LogP contribution in [-0.2, 0) is 15.9 Å². The van der Waals surface area contributed by atoms with Gasteiger partial charge in [0.05, 0.1) is 25.4 Å². The van der Waals surface area contributed by atoms with Crippen molar-refractivity contribution in [3.63, 3.8) is 0 Å². The highest BCUT2D eigenvalue weighted by molar-refractivity contribution is 5.60. The fraction of sp³-hybridized carbons (Fsp3) is 0.429. The molecule has 0 radical (unpaired) electrons. The highest BCUT2D eigenvalue weighted by atomic mass is 16.5. The fourth-order valence-corrected chi connectivity index (χ4v) is 5.49. The zero-order valence-corrected chi connectivity index (χ0v) is 26.5. The number of rotatable bonds is 8.